The van der Waals surface area contributed by atoms with Crippen LogP contribution in [-0.2, 0) is 16.6 Å². The quantitative estimate of drug-likeness (QED) is 0.608. The second-order valence-corrected chi connectivity index (χ2v) is 8.27. The van der Waals surface area contributed by atoms with Crippen molar-refractivity contribution < 1.29 is 8.42 Å². The van der Waals surface area contributed by atoms with Crippen LogP contribution in [0.4, 0.5) is 0 Å². The molecule has 1 aromatic heterocycles. The predicted octanol–water partition coefficient (Wildman–Crippen LogP) is 4.49. The summed E-state index contributed by atoms with van der Waals surface area (Å²) in [6.45, 7) is 4.07. The van der Waals surface area contributed by atoms with Crippen molar-refractivity contribution in [3.8, 4) is 0 Å². The zero-order valence-corrected chi connectivity index (χ0v) is 15.5. The van der Waals surface area contributed by atoms with Crippen LogP contribution in [-0.4, -0.2) is 13.0 Å². The minimum atomic E-state index is -3.83. The first-order valence-electron chi connectivity index (χ1n) is 6.88. The first kappa shape index (κ1) is 17.2. The third-order valence-corrected chi connectivity index (χ3v) is 6.52. The summed E-state index contributed by atoms with van der Waals surface area (Å²) in [7, 11) is -3.83. The number of fused-ring (bicyclic) bond motifs is 1. The van der Waals surface area contributed by atoms with E-state index >= 15 is 0 Å². The smallest absolute Gasteiger partial charge is 0.285 e. The molecule has 0 radical (unpaired) electrons. The van der Waals surface area contributed by atoms with Crippen LogP contribution >= 0.6 is 34.5 Å². The first-order chi connectivity index (χ1) is 11.4. The molecule has 0 amide bonds. The normalized spacial score (nSPS) is 12.7. The van der Waals surface area contributed by atoms with Crippen LogP contribution in [0.15, 0.2) is 64.4 Å². The Morgan fingerprint density at radius 1 is 1.12 bits per heavy atom. The fourth-order valence-electron chi connectivity index (χ4n) is 2.23. The van der Waals surface area contributed by atoms with Crippen molar-refractivity contribution in [3.63, 3.8) is 0 Å². The maximum absolute atomic E-state index is 12.5. The number of halogens is 2. The summed E-state index contributed by atoms with van der Waals surface area (Å²) >= 11 is 13.7. The van der Waals surface area contributed by atoms with E-state index in [1.54, 1.807) is 41.0 Å². The summed E-state index contributed by atoms with van der Waals surface area (Å²) in [6.07, 6.45) is 1.65. The number of benzene rings is 2. The van der Waals surface area contributed by atoms with Gasteiger partial charge in [0.15, 0.2) is 0 Å². The van der Waals surface area contributed by atoms with Gasteiger partial charge in [0.2, 0.25) is 4.80 Å². The van der Waals surface area contributed by atoms with Crippen LogP contribution in [0.1, 0.15) is 0 Å². The lowest BCUT2D eigenvalue weighted by atomic mass is 10.3. The Morgan fingerprint density at radius 2 is 1.79 bits per heavy atom. The first-order valence-corrected chi connectivity index (χ1v) is 9.89. The lowest BCUT2D eigenvalue weighted by Gasteiger charge is -2.03. The number of thiazole rings is 1. The number of hydrogen-bond acceptors (Lipinski definition) is 3. The SMILES string of the molecule is C=CCn1/c(=N/S(=O)(=O)c2ccccc2)sc2c(Cl)ccc(Cl)c21. The van der Waals surface area contributed by atoms with Gasteiger partial charge in [-0.15, -0.1) is 11.0 Å². The molecule has 0 aliphatic rings. The highest BCUT2D eigenvalue weighted by Crippen LogP contribution is 2.32. The molecule has 2 aromatic carbocycles. The highest BCUT2D eigenvalue weighted by atomic mass is 35.5. The molecule has 0 unspecified atom stereocenters. The second-order valence-electron chi connectivity index (χ2n) is 4.87. The van der Waals surface area contributed by atoms with E-state index in [4.69, 9.17) is 23.2 Å². The highest BCUT2D eigenvalue weighted by Gasteiger charge is 2.16. The molecular formula is C16H12Cl2N2O2S2. The number of nitrogens with zero attached hydrogens (tertiary/aromatic N) is 2. The van der Waals surface area contributed by atoms with Crippen LogP contribution < -0.4 is 4.80 Å². The molecule has 0 saturated heterocycles. The fourth-order valence-corrected chi connectivity index (χ4v) is 5.11. The van der Waals surface area contributed by atoms with Gasteiger partial charge in [0.1, 0.15) is 0 Å². The lowest BCUT2D eigenvalue weighted by Crippen LogP contribution is -2.16. The van der Waals surface area contributed by atoms with Gasteiger partial charge >= 0.3 is 0 Å². The molecule has 3 rings (SSSR count). The second kappa shape index (κ2) is 6.72. The Balaban J connectivity index is 2.34. The molecule has 1 heterocycles. The average Bonchev–Trinajstić information content (AvgIpc) is 2.91. The van der Waals surface area contributed by atoms with Crippen molar-refractivity contribution in [2.45, 2.75) is 11.4 Å². The molecule has 0 aliphatic heterocycles. The van der Waals surface area contributed by atoms with E-state index in [0.717, 1.165) is 0 Å². The van der Waals surface area contributed by atoms with Gasteiger partial charge in [-0.2, -0.15) is 8.42 Å². The molecule has 8 heteroatoms. The Labute approximate surface area is 153 Å². The van der Waals surface area contributed by atoms with Crippen LogP contribution in [0.2, 0.25) is 10.0 Å². The van der Waals surface area contributed by atoms with Crippen molar-refractivity contribution in [2.75, 3.05) is 0 Å². The van der Waals surface area contributed by atoms with Crippen LogP contribution in [0.3, 0.4) is 0 Å². The minimum absolute atomic E-state index is 0.129. The van der Waals surface area contributed by atoms with Crippen molar-refractivity contribution in [1.29, 1.82) is 0 Å². The number of rotatable bonds is 4. The summed E-state index contributed by atoms with van der Waals surface area (Å²) in [6, 6.07) is 11.4. The van der Waals surface area contributed by atoms with E-state index in [0.29, 0.717) is 31.6 Å². The van der Waals surface area contributed by atoms with Gasteiger partial charge in [0.05, 0.1) is 25.2 Å². The highest BCUT2D eigenvalue weighted by molar-refractivity contribution is 7.90. The maximum atomic E-state index is 12.5. The Kier molecular flexibility index (Phi) is 4.83. The number of hydrogen-bond donors (Lipinski definition) is 0. The molecule has 0 spiro atoms. The van der Waals surface area contributed by atoms with E-state index in [9.17, 15) is 8.42 Å². The summed E-state index contributed by atoms with van der Waals surface area (Å²) in [5.74, 6) is 0. The van der Waals surface area contributed by atoms with E-state index in [-0.39, 0.29) is 4.90 Å². The molecule has 0 aliphatic carbocycles. The molecule has 124 valence electrons. The number of aromatic nitrogens is 1. The summed E-state index contributed by atoms with van der Waals surface area (Å²) in [4.78, 5) is 0.425. The van der Waals surface area contributed by atoms with Crippen LogP contribution in [0, 0.1) is 0 Å². The van der Waals surface area contributed by atoms with Crippen molar-refractivity contribution in [2.24, 2.45) is 4.40 Å². The molecule has 4 nitrogen and oxygen atoms in total. The third-order valence-electron chi connectivity index (χ3n) is 3.28. The van der Waals surface area contributed by atoms with Gasteiger partial charge in [-0.25, -0.2) is 0 Å². The van der Waals surface area contributed by atoms with Crippen LogP contribution in [0.25, 0.3) is 10.2 Å². The topological polar surface area (TPSA) is 51.4 Å². The minimum Gasteiger partial charge on any atom is -0.311 e. The Bertz CT molecular complexity index is 1080. The lowest BCUT2D eigenvalue weighted by molar-refractivity contribution is 0.596. The molecule has 0 fully saturated rings. The van der Waals surface area contributed by atoms with Crippen molar-refractivity contribution >= 4 is 54.8 Å². The van der Waals surface area contributed by atoms with E-state index < -0.39 is 10.0 Å². The summed E-state index contributed by atoms with van der Waals surface area (Å²) in [5, 5.41) is 0.974. The van der Waals surface area contributed by atoms with Crippen molar-refractivity contribution in [3.05, 3.63) is 70.0 Å². The third kappa shape index (κ3) is 3.15. The molecule has 0 N–H and O–H groups in total. The monoisotopic (exact) mass is 398 g/mol. The molecular weight excluding hydrogens is 387 g/mol. The van der Waals surface area contributed by atoms with E-state index in [2.05, 4.69) is 11.0 Å². The molecule has 0 atom stereocenters. The summed E-state index contributed by atoms with van der Waals surface area (Å²) < 4.78 is 31.5. The van der Waals surface area contributed by atoms with E-state index in [1.807, 2.05) is 0 Å². The largest absolute Gasteiger partial charge is 0.311 e. The number of sulfonamides is 1. The zero-order chi connectivity index (χ0) is 17.3. The van der Waals surface area contributed by atoms with Gasteiger partial charge in [0.25, 0.3) is 10.0 Å². The van der Waals surface area contributed by atoms with Gasteiger partial charge in [-0.05, 0) is 24.3 Å². The molecule has 0 bridgehead atoms. The van der Waals surface area contributed by atoms with Gasteiger partial charge in [-0.3, -0.25) is 0 Å². The molecule has 24 heavy (non-hydrogen) atoms. The number of allylic oxidation sites excluding steroid dienone is 1. The molecule has 3 aromatic rings. The standard InChI is InChI=1S/C16H12Cl2N2O2S2/c1-2-10-20-14-12(17)8-9-13(18)15(14)23-16(20)19-24(21,22)11-6-4-3-5-7-11/h2-9H,1,10H2/b19-16-. The Morgan fingerprint density at radius 3 is 2.46 bits per heavy atom. The summed E-state index contributed by atoms with van der Waals surface area (Å²) in [5.41, 5.74) is 0.649. The molecule has 0 saturated carbocycles. The van der Waals surface area contributed by atoms with Gasteiger partial charge in [-0.1, -0.05) is 58.8 Å². The van der Waals surface area contributed by atoms with Crippen LogP contribution in [0.5, 0.6) is 0 Å². The van der Waals surface area contributed by atoms with E-state index in [1.165, 1.54) is 23.5 Å². The van der Waals surface area contributed by atoms with Crippen molar-refractivity contribution in [1.82, 2.24) is 4.57 Å². The maximum Gasteiger partial charge on any atom is 0.285 e. The predicted molar refractivity (Wildman–Crippen MR) is 99.2 cm³/mol. The fraction of sp³-hybridized carbons (Fsp3) is 0.0625. The van der Waals surface area contributed by atoms with Gasteiger partial charge in [0, 0.05) is 6.54 Å². The average molecular weight is 399 g/mol. The zero-order valence-electron chi connectivity index (χ0n) is 12.3. The van der Waals surface area contributed by atoms with Gasteiger partial charge < -0.3 is 4.57 Å². The Hall–Kier alpha value is -1.60.